The van der Waals surface area contributed by atoms with E-state index in [-0.39, 0.29) is 17.8 Å². The summed E-state index contributed by atoms with van der Waals surface area (Å²) in [7, 11) is 1.57. The molecule has 8 nitrogen and oxygen atoms in total. The van der Waals surface area contributed by atoms with E-state index in [1.165, 1.54) is 0 Å². The van der Waals surface area contributed by atoms with Crippen LogP contribution >= 0.6 is 23.2 Å². The number of hydrogen-bond donors (Lipinski definition) is 1. The fraction of sp³-hybridized carbons (Fsp3) is 0.333. The van der Waals surface area contributed by atoms with Gasteiger partial charge in [0, 0.05) is 33.3 Å². The number of carbonyl (C=O) groups is 1. The molecule has 5 rings (SSSR count). The Morgan fingerprint density at radius 2 is 1.91 bits per heavy atom. The predicted molar refractivity (Wildman–Crippen MR) is 128 cm³/mol. The van der Waals surface area contributed by atoms with Crippen LogP contribution in [0, 0.1) is 5.41 Å². The van der Waals surface area contributed by atoms with Gasteiger partial charge < -0.3 is 14.8 Å². The summed E-state index contributed by atoms with van der Waals surface area (Å²) in [5, 5.41) is 16.4. The molecule has 3 aromatic rings. The van der Waals surface area contributed by atoms with Gasteiger partial charge in [0.2, 0.25) is 5.95 Å². The number of nitrogens with one attached hydrogen (secondary N) is 1. The lowest BCUT2D eigenvalue weighted by atomic mass is 9.73. The van der Waals surface area contributed by atoms with Crippen LogP contribution < -0.4 is 14.8 Å². The second kappa shape index (κ2) is 8.60. The van der Waals surface area contributed by atoms with E-state index in [9.17, 15) is 4.79 Å². The van der Waals surface area contributed by atoms with E-state index in [2.05, 4.69) is 34.7 Å². The van der Waals surface area contributed by atoms with Crippen LogP contribution in [0.15, 0.2) is 47.7 Å². The molecule has 10 heteroatoms. The lowest BCUT2D eigenvalue weighted by Gasteiger charge is -2.37. The average molecular weight is 500 g/mol. The Labute approximate surface area is 206 Å². The number of rotatable bonds is 5. The summed E-state index contributed by atoms with van der Waals surface area (Å²) >= 11 is 12.5. The van der Waals surface area contributed by atoms with Gasteiger partial charge in [0.1, 0.15) is 12.6 Å². The number of aromatic nitrogens is 4. The highest BCUT2D eigenvalue weighted by molar-refractivity contribution is 6.35. The maximum atomic E-state index is 13.2. The first-order valence-electron chi connectivity index (χ1n) is 10.8. The summed E-state index contributed by atoms with van der Waals surface area (Å²) in [6.45, 7) is 4.36. The number of carbonyl (C=O) groups excluding carboxylic acids is 1. The highest BCUT2D eigenvalue weighted by atomic mass is 35.5. The third-order valence-corrected chi connectivity index (χ3v) is 6.84. The number of anilines is 1. The SMILES string of the molecule is COc1cc(C2C3=C(CC(C)(C)CC3=O)Nc3nnnn32)ccc1OCc1c(Cl)cccc1Cl. The van der Waals surface area contributed by atoms with E-state index in [1.807, 2.05) is 18.2 Å². The molecule has 1 N–H and O–H groups in total. The molecule has 2 heterocycles. The van der Waals surface area contributed by atoms with Crippen molar-refractivity contribution in [2.45, 2.75) is 39.3 Å². The third-order valence-electron chi connectivity index (χ3n) is 6.13. The molecule has 2 aliphatic rings. The highest BCUT2D eigenvalue weighted by Crippen LogP contribution is 2.46. The summed E-state index contributed by atoms with van der Waals surface area (Å²) in [5.41, 5.74) is 2.91. The van der Waals surface area contributed by atoms with Gasteiger partial charge in [-0.15, -0.1) is 0 Å². The van der Waals surface area contributed by atoms with Crippen LogP contribution in [0.5, 0.6) is 11.5 Å². The molecule has 1 unspecified atom stereocenters. The quantitative estimate of drug-likeness (QED) is 0.513. The molecule has 0 amide bonds. The van der Waals surface area contributed by atoms with Crippen LogP contribution in [-0.2, 0) is 11.4 Å². The second-order valence-electron chi connectivity index (χ2n) is 9.21. The van der Waals surface area contributed by atoms with E-state index >= 15 is 0 Å². The van der Waals surface area contributed by atoms with Crippen LogP contribution in [0.3, 0.4) is 0 Å². The topological polar surface area (TPSA) is 91.2 Å². The van der Waals surface area contributed by atoms with E-state index in [4.69, 9.17) is 32.7 Å². The molecule has 1 aliphatic heterocycles. The number of halogens is 2. The zero-order chi connectivity index (χ0) is 24.0. The number of benzene rings is 2. The molecule has 0 saturated carbocycles. The van der Waals surface area contributed by atoms with Crippen molar-refractivity contribution in [2.75, 3.05) is 12.4 Å². The van der Waals surface area contributed by atoms with Gasteiger partial charge in [0.05, 0.1) is 7.11 Å². The largest absolute Gasteiger partial charge is 0.493 e. The van der Waals surface area contributed by atoms with Crippen molar-refractivity contribution in [1.82, 2.24) is 20.2 Å². The Kier molecular flexibility index (Phi) is 5.73. The smallest absolute Gasteiger partial charge is 0.248 e. The van der Waals surface area contributed by atoms with E-state index in [1.54, 1.807) is 30.0 Å². The van der Waals surface area contributed by atoms with Gasteiger partial charge in [0.15, 0.2) is 17.3 Å². The standard InChI is InChI=1S/C24H23Cl2N5O3/c1-24(2)10-17-21(18(32)11-24)22(31-23(27-17)28-29-30-31)13-7-8-19(20(9-13)33-3)34-12-14-15(25)5-4-6-16(14)26/h4-9,22H,10-12H2,1-3H3,(H,27,28,30). The van der Waals surface area contributed by atoms with Gasteiger partial charge in [0.25, 0.3) is 0 Å². The molecule has 0 saturated heterocycles. The third kappa shape index (κ3) is 4.01. The Hall–Kier alpha value is -3.10. The Bertz CT molecular complexity index is 1300. The molecule has 0 radical (unpaired) electrons. The van der Waals surface area contributed by atoms with Gasteiger partial charge in [-0.1, -0.05) is 54.3 Å². The minimum atomic E-state index is -0.467. The number of fused-ring (bicyclic) bond motifs is 1. The van der Waals surface area contributed by atoms with Crippen molar-refractivity contribution in [2.24, 2.45) is 5.41 Å². The zero-order valence-electron chi connectivity index (χ0n) is 18.9. The van der Waals surface area contributed by atoms with E-state index < -0.39 is 6.04 Å². The molecular weight excluding hydrogens is 477 g/mol. The molecule has 0 spiro atoms. The molecule has 1 atom stereocenters. The van der Waals surface area contributed by atoms with Crippen LogP contribution in [0.2, 0.25) is 10.0 Å². The Morgan fingerprint density at radius 3 is 2.65 bits per heavy atom. The number of ketones is 1. The average Bonchev–Trinajstić information content (AvgIpc) is 3.24. The Morgan fingerprint density at radius 1 is 1.15 bits per heavy atom. The molecule has 0 fully saturated rings. The second-order valence-corrected chi connectivity index (χ2v) is 10.0. The highest BCUT2D eigenvalue weighted by Gasteiger charge is 2.42. The number of hydrogen-bond acceptors (Lipinski definition) is 7. The van der Waals surface area contributed by atoms with Crippen molar-refractivity contribution in [3.8, 4) is 11.5 Å². The molecule has 1 aliphatic carbocycles. The summed E-state index contributed by atoms with van der Waals surface area (Å²) in [6, 6.07) is 10.4. The number of nitrogens with zero attached hydrogens (tertiary/aromatic N) is 4. The predicted octanol–water partition coefficient (Wildman–Crippen LogP) is 5.23. The lowest BCUT2D eigenvalue weighted by molar-refractivity contribution is -0.118. The van der Waals surface area contributed by atoms with Gasteiger partial charge >= 0.3 is 0 Å². The minimum Gasteiger partial charge on any atom is -0.493 e. The Balaban J connectivity index is 1.51. The van der Waals surface area contributed by atoms with Crippen LogP contribution in [-0.4, -0.2) is 33.1 Å². The number of methoxy groups -OCH3 is 1. The number of Topliss-reactive ketones (excluding diaryl/α,β-unsaturated/α-hetero) is 1. The van der Waals surface area contributed by atoms with Gasteiger partial charge in [-0.25, -0.2) is 0 Å². The normalized spacial score (nSPS) is 18.7. The van der Waals surface area contributed by atoms with Crippen molar-refractivity contribution in [3.63, 3.8) is 0 Å². The summed E-state index contributed by atoms with van der Waals surface area (Å²) < 4.78 is 13.3. The lowest BCUT2D eigenvalue weighted by Crippen LogP contribution is -2.36. The van der Waals surface area contributed by atoms with Crippen LogP contribution in [0.4, 0.5) is 5.95 Å². The zero-order valence-corrected chi connectivity index (χ0v) is 20.4. The molecular formula is C24H23Cl2N5O3. The molecule has 1 aromatic heterocycles. The van der Waals surface area contributed by atoms with E-state index in [0.29, 0.717) is 45.1 Å². The maximum Gasteiger partial charge on any atom is 0.248 e. The number of allylic oxidation sites excluding steroid dienone is 2. The summed E-state index contributed by atoms with van der Waals surface area (Å²) in [5.74, 6) is 1.62. The number of ether oxygens (including phenoxy) is 2. The summed E-state index contributed by atoms with van der Waals surface area (Å²) in [6.07, 6.45) is 1.19. The fourth-order valence-electron chi connectivity index (χ4n) is 4.57. The maximum absolute atomic E-state index is 13.2. The number of tetrazole rings is 1. The monoisotopic (exact) mass is 499 g/mol. The first kappa shape index (κ1) is 22.7. The van der Waals surface area contributed by atoms with Crippen LogP contribution in [0.1, 0.15) is 43.9 Å². The molecule has 2 aromatic carbocycles. The first-order chi connectivity index (χ1) is 16.3. The van der Waals surface area contributed by atoms with Crippen molar-refractivity contribution < 1.29 is 14.3 Å². The van der Waals surface area contributed by atoms with Crippen molar-refractivity contribution in [1.29, 1.82) is 0 Å². The van der Waals surface area contributed by atoms with Crippen LogP contribution in [0.25, 0.3) is 0 Å². The first-order valence-corrected chi connectivity index (χ1v) is 11.6. The summed E-state index contributed by atoms with van der Waals surface area (Å²) in [4.78, 5) is 13.2. The fourth-order valence-corrected chi connectivity index (χ4v) is 5.08. The van der Waals surface area contributed by atoms with Gasteiger partial charge in [-0.3, -0.25) is 4.79 Å². The molecule has 0 bridgehead atoms. The molecule has 34 heavy (non-hydrogen) atoms. The molecule has 176 valence electrons. The van der Waals surface area contributed by atoms with E-state index in [0.717, 1.165) is 17.7 Å². The van der Waals surface area contributed by atoms with Gasteiger partial charge in [-0.05, 0) is 52.1 Å². The van der Waals surface area contributed by atoms with Gasteiger partial charge in [-0.2, -0.15) is 4.68 Å². The minimum absolute atomic E-state index is 0.0811. The van der Waals surface area contributed by atoms with Crippen molar-refractivity contribution >= 4 is 34.9 Å². The van der Waals surface area contributed by atoms with Crippen molar-refractivity contribution in [3.05, 3.63) is 68.8 Å².